The molecule has 0 spiro atoms. The minimum atomic E-state index is -0.987. The summed E-state index contributed by atoms with van der Waals surface area (Å²) in [4.78, 5) is 23.1. The summed E-state index contributed by atoms with van der Waals surface area (Å²) in [5, 5.41) is 10.7. The number of ketones is 1. The van der Waals surface area contributed by atoms with Crippen LogP contribution in [0, 0.1) is 6.92 Å². The molecule has 0 saturated heterocycles. The van der Waals surface area contributed by atoms with Gasteiger partial charge in [-0.2, -0.15) is 0 Å². The second-order valence-electron chi connectivity index (χ2n) is 4.99. The Morgan fingerprint density at radius 3 is 2.48 bits per heavy atom. The predicted octanol–water partition coefficient (Wildman–Crippen LogP) is 3.87. The van der Waals surface area contributed by atoms with Crippen LogP contribution in [0.4, 0.5) is 4.79 Å². The summed E-state index contributed by atoms with van der Waals surface area (Å²) in [6, 6.07) is 8.32. The Bertz CT molecular complexity index is 445. The molecule has 1 amide bonds. The number of Topliss-reactive ketones (excluding diaryl/α,β-unsaturated/α-hetero) is 1. The van der Waals surface area contributed by atoms with Gasteiger partial charge in [0.1, 0.15) is 5.78 Å². The number of aryl methyl sites for hydroxylation is 1. The maximum absolute atomic E-state index is 11.7. The van der Waals surface area contributed by atoms with Crippen LogP contribution in [0.25, 0.3) is 0 Å². The summed E-state index contributed by atoms with van der Waals surface area (Å²) in [6.07, 6.45) is 2.73. The molecule has 1 aromatic rings. The van der Waals surface area contributed by atoms with Crippen LogP contribution in [-0.4, -0.2) is 29.3 Å². The number of hydrogen-bond acceptors (Lipinski definition) is 3. The van der Waals surface area contributed by atoms with Gasteiger partial charge >= 0.3 is 6.09 Å². The van der Waals surface area contributed by atoms with E-state index in [2.05, 4.69) is 36.5 Å². The van der Waals surface area contributed by atoms with E-state index in [1.54, 1.807) is 11.8 Å². The fourth-order valence-corrected chi connectivity index (χ4v) is 2.76. The van der Waals surface area contributed by atoms with Crippen LogP contribution in [0.2, 0.25) is 0 Å². The van der Waals surface area contributed by atoms with Crippen molar-refractivity contribution in [2.24, 2.45) is 0 Å². The molecule has 0 bridgehead atoms. The lowest BCUT2D eigenvalue weighted by molar-refractivity contribution is -0.118. The van der Waals surface area contributed by atoms with E-state index in [0.717, 1.165) is 25.0 Å². The van der Waals surface area contributed by atoms with Crippen molar-refractivity contribution in [2.45, 2.75) is 43.9 Å². The summed E-state index contributed by atoms with van der Waals surface area (Å²) < 4.78 is 0. The van der Waals surface area contributed by atoms with Crippen molar-refractivity contribution in [1.29, 1.82) is 0 Å². The Balaban J connectivity index is 2.01. The van der Waals surface area contributed by atoms with E-state index in [1.165, 1.54) is 10.5 Å². The molecule has 116 valence electrons. The van der Waals surface area contributed by atoms with Crippen molar-refractivity contribution in [2.75, 3.05) is 12.3 Å². The Hall–Kier alpha value is -1.49. The Labute approximate surface area is 130 Å². The molecule has 0 radical (unpaired) electrons. The second kappa shape index (κ2) is 10.3. The molecule has 5 heteroatoms. The van der Waals surface area contributed by atoms with E-state index in [0.29, 0.717) is 25.2 Å². The molecule has 1 rings (SSSR count). The predicted molar refractivity (Wildman–Crippen MR) is 86.0 cm³/mol. The SMILES string of the molecule is Cc1ccc(SCCC(=O)CCCCCNC(=O)O)cc1. The smallest absolute Gasteiger partial charge is 0.404 e. The first-order chi connectivity index (χ1) is 10.1. The highest BCUT2D eigenvalue weighted by Gasteiger charge is 2.03. The topological polar surface area (TPSA) is 66.4 Å². The van der Waals surface area contributed by atoms with E-state index in [4.69, 9.17) is 5.11 Å². The molecular formula is C16H23NO3S. The van der Waals surface area contributed by atoms with Gasteiger partial charge in [-0.1, -0.05) is 24.1 Å². The summed E-state index contributed by atoms with van der Waals surface area (Å²) in [5.41, 5.74) is 1.24. The van der Waals surface area contributed by atoms with E-state index in [-0.39, 0.29) is 0 Å². The van der Waals surface area contributed by atoms with Crippen molar-refractivity contribution >= 4 is 23.6 Å². The fraction of sp³-hybridized carbons (Fsp3) is 0.500. The van der Waals surface area contributed by atoms with E-state index in [1.807, 2.05) is 0 Å². The Kier molecular flexibility index (Phi) is 8.59. The van der Waals surface area contributed by atoms with Crippen LogP contribution in [0.1, 0.15) is 37.7 Å². The van der Waals surface area contributed by atoms with Gasteiger partial charge in [0.05, 0.1) is 0 Å². The summed E-state index contributed by atoms with van der Waals surface area (Å²) in [6.45, 7) is 2.52. The first-order valence-corrected chi connectivity index (χ1v) is 8.24. The van der Waals surface area contributed by atoms with Crippen molar-refractivity contribution in [3.8, 4) is 0 Å². The number of unbranched alkanes of at least 4 members (excludes halogenated alkanes) is 2. The van der Waals surface area contributed by atoms with E-state index in [9.17, 15) is 9.59 Å². The van der Waals surface area contributed by atoms with Gasteiger partial charge in [-0.15, -0.1) is 11.8 Å². The summed E-state index contributed by atoms with van der Waals surface area (Å²) >= 11 is 1.71. The maximum Gasteiger partial charge on any atom is 0.404 e. The number of thioether (sulfide) groups is 1. The minimum Gasteiger partial charge on any atom is -0.465 e. The lowest BCUT2D eigenvalue weighted by atomic mass is 10.1. The molecule has 1 aromatic carbocycles. The first kappa shape index (κ1) is 17.6. The number of carbonyl (C=O) groups is 2. The number of amides is 1. The number of rotatable bonds is 10. The quantitative estimate of drug-likeness (QED) is 0.508. The molecule has 0 fully saturated rings. The zero-order chi connectivity index (χ0) is 15.5. The van der Waals surface area contributed by atoms with Crippen LogP contribution >= 0.6 is 11.8 Å². The van der Waals surface area contributed by atoms with Gasteiger partial charge in [0.25, 0.3) is 0 Å². The Morgan fingerprint density at radius 2 is 1.81 bits per heavy atom. The molecule has 2 N–H and O–H groups in total. The van der Waals surface area contributed by atoms with Crippen LogP contribution < -0.4 is 5.32 Å². The normalized spacial score (nSPS) is 10.3. The highest BCUT2D eigenvalue weighted by atomic mass is 32.2. The third kappa shape index (κ3) is 9.13. The molecule has 0 aliphatic carbocycles. The number of nitrogens with one attached hydrogen (secondary N) is 1. The van der Waals surface area contributed by atoms with Crippen LogP contribution in [0.15, 0.2) is 29.2 Å². The molecule has 0 saturated carbocycles. The monoisotopic (exact) mass is 309 g/mol. The van der Waals surface area contributed by atoms with Crippen LogP contribution in [0.5, 0.6) is 0 Å². The largest absolute Gasteiger partial charge is 0.465 e. The van der Waals surface area contributed by atoms with Crippen molar-refractivity contribution in [3.63, 3.8) is 0 Å². The highest BCUT2D eigenvalue weighted by Crippen LogP contribution is 2.19. The fourth-order valence-electron chi connectivity index (χ4n) is 1.86. The third-order valence-corrected chi connectivity index (χ3v) is 4.09. The molecule has 21 heavy (non-hydrogen) atoms. The molecule has 0 aromatic heterocycles. The average Bonchev–Trinajstić information content (AvgIpc) is 2.44. The lowest BCUT2D eigenvalue weighted by Crippen LogP contribution is -2.21. The van der Waals surface area contributed by atoms with E-state index >= 15 is 0 Å². The van der Waals surface area contributed by atoms with Gasteiger partial charge in [-0.05, 0) is 31.9 Å². The molecule has 0 aliphatic rings. The summed E-state index contributed by atoms with van der Waals surface area (Å²) in [7, 11) is 0. The zero-order valence-electron chi connectivity index (χ0n) is 12.4. The van der Waals surface area contributed by atoms with Crippen molar-refractivity contribution in [3.05, 3.63) is 29.8 Å². The number of carboxylic acid groups (broad SMARTS) is 1. The van der Waals surface area contributed by atoms with Gasteiger partial charge in [0.15, 0.2) is 0 Å². The van der Waals surface area contributed by atoms with Gasteiger partial charge in [-0.3, -0.25) is 4.79 Å². The lowest BCUT2D eigenvalue weighted by Gasteiger charge is -2.03. The average molecular weight is 309 g/mol. The van der Waals surface area contributed by atoms with E-state index < -0.39 is 6.09 Å². The summed E-state index contributed by atoms with van der Waals surface area (Å²) in [5.74, 6) is 1.11. The zero-order valence-corrected chi connectivity index (χ0v) is 13.2. The van der Waals surface area contributed by atoms with Crippen LogP contribution in [-0.2, 0) is 4.79 Å². The minimum absolute atomic E-state index is 0.292. The standard InChI is InChI=1S/C16H23NO3S/c1-13-6-8-15(9-7-13)21-12-10-14(18)5-3-2-4-11-17-16(19)20/h6-9,17H,2-5,10-12H2,1H3,(H,19,20). The van der Waals surface area contributed by atoms with Crippen molar-refractivity contribution < 1.29 is 14.7 Å². The highest BCUT2D eigenvalue weighted by molar-refractivity contribution is 7.99. The van der Waals surface area contributed by atoms with Crippen molar-refractivity contribution in [1.82, 2.24) is 5.32 Å². The van der Waals surface area contributed by atoms with Gasteiger partial charge < -0.3 is 10.4 Å². The van der Waals surface area contributed by atoms with Gasteiger partial charge in [0.2, 0.25) is 0 Å². The van der Waals surface area contributed by atoms with Crippen LogP contribution in [0.3, 0.4) is 0 Å². The first-order valence-electron chi connectivity index (χ1n) is 7.26. The molecular weight excluding hydrogens is 286 g/mol. The third-order valence-electron chi connectivity index (χ3n) is 3.08. The maximum atomic E-state index is 11.7. The number of hydrogen-bond donors (Lipinski definition) is 2. The molecule has 0 heterocycles. The molecule has 0 aliphatic heterocycles. The Morgan fingerprint density at radius 1 is 1.10 bits per heavy atom. The number of benzene rings is 1. The molecule has 4 nitrogen and oxygen atoms in total. The number of carbonyl (C=O) groups excluding carboxylic acids is 1. The second-order valence-corrected chi connectivity index (χ2v) is 6.16. The molecule has 0 unspecified atom stereocenters. The van der Waals surface area contributed by atoms with Gasteiger partial charge in [-0.25, -0.2) is 4.79 Å². The van der Waals surface area contributed by atoms with Gasteiger partial charge in [0, 0.05) is 30.0 Å². The molecule has 0 atom stereocenters.